The third kappa shape index (κ3) is 2.87. The molecule has 0 saturated carbocycles. The first kappa shape index (κ1) is 11.3. The SMILES string of the molecule is C=CCNC(=O)C=Cc1ccc2c(c1)OCO2. The number of fused-ring (bicyclic) bond motifs is 1. The molecule has 0 radical (unpaired) electrons. The van der Waals surface area contributed by atoms with Crippen LogP contribution < -0.4 is 14.8 Å². The average molecular weight is 231 g/mol. The molecule has 0 fully saturated rings. The molecular formula is C13H13NO3. The fraction of sp³-hybridized carbons (Fsp3) is 0.154. The summed E-state index contributed by atoms with van der Waals surface area (Å²) in [4.78, 5) is 11.3. The van der Waals surface area contributed by atoms with Crippen LogP contribution in [-0.4, -0.2) is 19.2 Å². The number of ether oxygens (including phenoxy) is 2. The van der Waals surface area contributed by atoms with Crippen LogP contribution in [-0.2, 0) is 4.79 Å². The summed E-state index contributed by atoms with van der Waals surface area (Å²) in [5, 5.41) is 2.66. The Morgan fingerprint density at radius 1 is 1.41 bits per heavy atom. The summed E-state index contributed by atoms with van der Waals surface area (Å²) in [6.45, 7) is 4.24. The van der Waals surface area contributed by atoms with Crippen LogP contribution in [0.2, 0.25) is 0 Å². The Morgan fingerprint density at radius 3 is 3.06 bits per heavy atom. The Kier molecular flexibility index (Phi) is 3.45. The number of rotatable bonds is 4. The minimum absolute atomic E-state index is 0.150. The summed E-state index contributed by atoms with van der Waals surface area (Å²) in [6, 6.07) is 5.52. The van der Waals surface area contributed by atoms with Gasteiger partial charge in [-0.25, -0.2) is 0 Å². The quantitative estimate of drug-likeness (QED) is 0.634. The van der Waals surface area contributed by atoms with Crippen molar-refractivity contribution in [2.45, 2.75) is 0 Å². The van der Waals surface area contributed by atoms with E-state index in [1.165, 1.54) is 6.08 Å². The number of hydrogen-bond donors (Lipinski definition) is 1. The van der Waals surface area contributed by atoms with Gasteiger partial charge in [-0.3, -0.25) is 4.79 Å². The van der Waals surface area contributed by atoms with Gasteiger partial charge in [-0.2, -0.15) is 0 Å². The molecule has 0 saturated heterocycles. The molecule has 1 aliphatic rings. The Labute approximate surface area is 99.5 Å². The summed E-state index contributed by atoms with van der Waals surface area (Å²) in [7, 11) is 0. The van der Waals surface area contributed by atoms with Crippen LogP contribution in [0.25, 0.3) is 6.08 Å². The maximum absolute atomic E-state index is 11.3. The molecule has 0 bridgehead atoms. The van der Waals surface area contributed by atoms with E-state index in [0.29, 0.717) is 12.3 Å². The van der Waals surface area contributed by atoms with E-state index in [2.05, 4.69) is 11.9 Å². The lowest BCUT2D eigenvalue weighted by Crippen LogP contribution is -2.20. The van der Waals surface area contributed by atoms with E-state index in [1.807, 2.05) is 18.2 Å². The predicted molar refractivity (Wildman–Crippen MR) is 64.8 cm³/mol. The van der Waals surface area contributed by atoms with Crippen LogP contribution in [0.5, 0.6) is 11.5 Å². The van der Waals surface area contributed by atoms with Gasteiger partial charge in [0.25, 0.3) is 0 Å². The van der Waals surface area contributed by atoms with Crippen LogP contribution in [0.4, 0.5) is 0 Å². The first-order valence-electron chi connectivity index (χ1n) is 5.26. The van der Waals surface area contributed by atoms with E-state index in [-0.39, 0.29) is 12.7 Å². The molecule has 0 atom stereocenters. The Bertz CT molecular complexity index is 466. The molecule has 0 unspecified atom stereocenters. The largest absolute Gasteiger partial charge is 0.454 e. The maximum Gasteiger partial charge on any atom is 0.244 e. The summed E-state index contributed by atoms with van der Waals surface area (Å²) in [6.07, 6.45) is 4.83. The molecule has 1 aromatic rings. The van der Waals surface area contributed by atoms with Crippen molar-refractivity contribution < 1.29 is 14.3 Å². The summed E-state index contributed by atoms with van der Waals surface area (Å²) in [5.74, 6) is 1.29. The number of benzene rings is 1. The first-order valence-corrected chi connectivity index (χ1v) is 5.26. The van der Waals surface area contributed by atoms with Crippen molar-refractivity contribution in [1.82, 2.24) is 5.32 Å². The Balaban J connectivity index is 2.01. The fourth-order valence-electron chi connectivity index (χ4n) is 1.42. The molecule has 1 amide bonds. The van der Waals surface area contributed by atoms with Gasteiger partial charge >= 0.3 is 0 Å². The highest BCUT2D eigenvalue weighted by Crippen LogP contribution is 2.32. The van der Waals surface area contributed by atoms with E-state index in [1.54, 1.807) is 12.2 Å². The normalized spacial score (nSPS) is 12.7. The molecule has 88 valence electrons. The van der Waals surface area contributed by atoms with E-state index < -0.39 is 0 Å². The van der Waals surface area contributed by atoms with Crippen molar-refractivity contribution in [3.8, 4) is 11.5 Å². The van der Waals surface area contributed by atoms with E-state index in [4.69, 9.17) is 9.47 Å². The minimum Gasteiger partial charge on any atom is -0.454 e. The average Bonchev–Trinajstić information content (AvgIpc) is 2.81. The minimum atomic E-state index is -0.150. The lowest BCUT2D eigenvalue weighted by molar-refractivity contribution is -0.116. The number of hydrogen-bond acceptors (Lipinski definition) is 3. The van der Waals surface area contributed by atoms with Gasteiger partial charge in [-0.15, -0.1) is 6.58 Å². The van der Waals surface area contributed by atoms with Gasteiger partial charge in [-0.05, 0) is 23.8 Å². The van der Waals surface area contributed by atoms with Gasteiger partial charge in [0.1, 0.15) is 0 Å². The predicted octanol–water partition coefficient (Wildman–Crippen LogP) is 1.73. The maximum atomic E-state index is 11.3. The Hall–Kier alpha value is -2.23. The number of amides is 1. The Morgan fingerprint density at radius 2 is 2.24 bits per heavy atom. The van der Waals surface area contributed by atoms with Gasteiger partial charge in [0.05, 0.1) is 0 Å². The smallest absolute Gasteiger partial charge is 0.244 e. The molecule has 4 nitrogen and oxygen atoms in total. The summed E-state index contributed by atoms with van der Waals surface area (Å²) >= 11 is 0. The zero-order valence-electron chi connectivity index (χ0n) is 9.31. The first-order chi connectivity index (χ1) is 8.29. The molecular weight excluding hydrogens is 218 g/mol. The molecule has 1 aliphatic heterocycles. The summed E-state index contributed by atoms with van der Waals surface area (Å²) < 4.78 is 10.4. The van der Waals surface area contributed by atoms with Crippen molar-refractivity contribution in [1.29, 1.82) is 0 Å². The van der Waals surface area contributed by atoms with Crippen LogP contribution in [0.3, 0.4) is 0 Å². The van der Waals surface area contributed by atoms with Gasteiger partial charge in [0.15, 0.2) is 11.5 Å². The number of nitrogens with one attached hydrogen (secondary N) is 1. The third-order valence-corrected chi connectivity index (χ3v) is 2.24. The van der Waals surface area contributed by atoms with Crippen LogP contribution >= 0.6 is 0 Å². The van der Waals surface area contributed by atoms with Gasteiger partial charge < -0.3 is 14.8 Å². The molecule has 2 rings (SSSR count). The van der Waals surface area contributed by atoms with Gasteiger partial charge in [-0.1, -0.05) is 12.1 Å². The number of carbonyl (C=O) groups is 1. The standard InChI is InChI=1S/C13H13NO3/c1-2-7-14-13(15)6-4-10-3-5-11-12(8-10)17-9-16-11/h2-6,8H,1,7,9H2,(H,14,15). The van der Waals surface area contributed by atoms with Crippen LogP contribution in [0.15, 0.2) is 36.9 Å². The highest BCUT2D eigenvalue weighted by molar-refractivity contribution is 5.91. The van der Waals surface area contributed by atoms with E-state index in [0.717, 1.165) is 11.3 Å². The molecule has 0 spiro atoms. The molecule has 17 heavy (non-hydrogen) atoms. The highest BCUT2D eigenvalue weighted by Gasteiger charge is 2.12. The number of carbonyl (C=O) groups excluding carboxylic acids is 1. The monoisotopic (exact) mass is 231 g/mol. The van der Waals surface area contributed by atoms with Crippen molar-refractivity contribution in [3.63, 3.8) is 0 Å². The van der Waals surface area contributed by atoms with Crippen molar-refractivity contribution in [2.75, 3.05) is 13.3 Å². The van der Waals surface area contributed by atoms with Crippen LogP contribution in [0.1, 0.15) is 5.56 Å². The summed E-state index contributed by atoms with van der Waals surface area (Å²) in [5.41, 5.74) is 0.892. The van der Waals surface area contributed by atoms with Crippen molar-refractivity contribution in [3.05, 3.63) is 42.5 Å². The second-order valence-electron chi connectivity index (χ2n) is 3.48. The van der Waals surface area contributed by atoms with Crippen LogP contribution in [0, 0.1) is 0 Å². The molecule has 1 aromatic carbocycles. The van der Waals surface area contributed by atoms with Crippen molar-refractivity contribution in [2.24, 2.45) is 0 Å². The molecule has 1 heterocycles. The topological polar surface area (TPSA) is 47.6 Å². The molecule has 0 aliphatic carbocycles. The molecule has 0 aromatic heterocycles. The second kappa shape index (κ2) is 5.21. The van der Waals surface area contributed by atoms with E-state index >= 15 is 0 Å². The molecule has 4 heteroatoms. The zero-order valence-corrected chi connectivity index (χ0v) is 9.31. The highest BCUT2D eigenvalue weighted by atomic mass is 16.7. The zero-order chi connectivity index (χ0) is 12.1. The van der Waals surface area contributed by atoms with E-state index in [9.17, 15) is 4.79 Å². The van der Waals surface area contributed by atoms with Gasteiger partial charge in [0, 0.05) is 12.6 Å². The fourth-order valence-corrected chi connectivity index (χ4v) is 1.42. The lowest BCUT2D eigenvalue weighted by atomic mass is 10.2. The van der Waals surface area contributed by atoms with Gasteiger partial charge in [0.2, 0.25) is 12.7 Å². The lowest BCUT2D eigenvalue weighted by Gasteiger charge is -1.98. The third-order valence-electron chi connectivity index (χ3n) is 2.24. The van der Waals surface area contributed by atoms with Crippen molar-refractivity contribution >= 4 is 12.0 Å². The second-order valence-corrected chi connectivity index (χ2v) is 3.48. The molecule has 1 N–H and O–H groups in total.